The summed E-state index contributed by atoms with van der Waals surface area (Å²) < 4.78 is 5.26. The molecule has 0 spiro atoms. The zero-order valence-corrected chi connectivity index (χ0v) is 9.97. The van der Waals surface area contributed by atoms with E-state index in [0.29, 0.717) is 36.3 Å². The van der Waals surface area contributed by atoms with Crippen molar-refractivity contribution in [1.29, 1.82) is 0 Å². The lowest BCUT2D eigenvalue weighted by Gasteiger charge is -2.17. The Kier molecular flexibility index (Phi) is 4.15. The van der Waals surface area contributed by atoms with E-state index in [1.807, 2.05) is 6.92 Å². The van der Waals surface area contributed by atoms with Crippen molar-refractivity contribution in [2.45, 2.75) is 20.8 Å². The predicted molar refractivity (Wildman–Crippen MR) is 58.3 cm³/mol. The van der Waals surface area contributed by atoms with Crippen molar-refractivity contribution in [3.63, 3.8) is 0 Å². The third-order valence-electron chi connectivity index (χ3n) is 2.12. The number of carbonyl (C=O) groups is 1. The number of carbonyl (C=O) groups excluding carboxylic acids is 1. The Labute approximate surface area is 94.2 Å². The number of amides is 1. The van der Waals surface area contributed by atoms with Crippen molar-refractivity contribution in [3.8, 4) is 0 Å². The Morgan fingerprint density at radius 1 is 1.53 bits per heavy atom. The molecule has 0 atom stereocenters. The smallest absolute Gasteiger partial charge is 0.291 e. The number of rotatable bonds is 4. The molecule has 0 aliphatic heterocycles. The van der Waals surface area contributed by atoms with Gasteiger partial charge in [-0.2, -0.15) is 0 Å². The molecule has 0 aromatic carbocycles. The zero-order chi connectivity index (χ0) is 11.4. The van der Waals surface area contributed by atoms with Crippen LogP contribution in [0.25, 0.3) is 0 Å². The minimum atomic E-state index is -0.142. The molecular formula is C10H15ClN2O2. The van der Waals surface area contributed by atoms with Gasteiger partial charge in [0.15, 0.2) is 5.89 Å². The minimum Gasteiger partial charge on any atom is -0.436 e. The molecule has 84 valence electrons. The largest absolute Gasteiger partial charge is 0.436 e. The summed E-state index contributed by atoms with van der Waals surface area (Å²) in [5, 5.41) is 0. The van der Waals surface area contributed by atoms with E-state index < -0.39 is 0 Å². The number of nitrogens with zero attached hydrogens (tertiary/aromatic N) is 2. The van der Waals surface area contributed by atoms with E-state index in [0.717, 1.165) is 0 Å². The van der Waals surface area contributed by atoms with Gasteiger partial charge in [0.2, 0.25) is 5.76 Å². The van der Waals surface area contributed by atoms with Crippen LogP contribution in [0.5, 0.6) is 0 Å². The van der Waals surface area contributed by atoms with Crippen molar-refractivity contribution >= 4 is 17.5 Å². The second-order valence-electron chi connectivity index (χ2n) is 3.22. The van der Waals surface area contributed by atoms with Gasteiger partial charge in [-0.3, -0.25) is 4.79 Å². The standard InChI is InChI=1S/C10H15ClN2O2/c1-4-13(6-5-11)10(14)9-7(2)12-8(3)15-9/h4-6H2,1-3H3. The lowest BCUT2D eigenvalue weighted by molar-refractivity contribution is 0.0740. The van der Waals surface area contributed by atoms with Gasteiger partial charge in [-0.25, -0.2) is 4.98 Å². The highest BCUT2D eigenvalue weighted by molar-refractivity contribution is 6.18. The average molecular weight is 231 g/mol. The minimum absolute atomic E-state index is 0.142. The SMILES string of the molecule is CCN(CCCl)C(=O)c1oc(C)nc1C. The topological polar surface area (TPSA) is 46.3 Å². The molecule has 5 heteroatoms. The highest BCUT2D eigenvalue weighted by Gasteiger charge is 2.20. The molecule has 1 aromatic rings. The van der Waals surface area contributed by atoms with E-state index in [1.165, 1.54) is 0 Å². The summed E-state index contributed by atoms with van der Waals surface area (Å²) in [4.78, 5) is 17.6. The lowest BCUT2D eigenvalue weighted by Crippen LogP contribution is -2.32. The van der Waals surface area contributed by atoms with Crippen LogP contribution >= 0.6 is 11.6 Å². The molecule has 0 N–H and O–H groups in total. The van der Waals surface area contributed by atoms with Gasteiger partial charge in [0, 0.05) is 25.9 Å². The number of aromatic nitrogens is 1. The maximum absolute atomic E-state index is 11.9. The van der Waals surface area contributed by atoms with Crippen molar-refractivity contribution in [3.05, 3.63) is 17.3 Å². The van der Waals surface area contributed by atoms with Crippen molar-refractivity contribution in [1.82, 2.24) is 9.88 Å². The molecule has 1 heterocycles. The molecule has 0 saturated carbocycles. The Hall–Kier alpha value is -1.03. The van der Waals surface area contributed by atoms with Gasteiger partial charge in [0.1, 0.15) is 0 Å². The van der Waals surface area contributed by atoms with Gasteiger partial charge in [-0.15, -0.1) is 11.6 Å². The summed E-state index contributed by atoms with van der Waals surface area (Å²) >= 11 is 5.61. The van der Waals surface area contributed by atoms with Crippen LogP contribution in [-0.2, 0) is 0 Å². The molecule has 1 rings (SSSR count). The summed E-state index contributed by atoms with van der Waals surface area (Å²) in [6.45, 7) is 6.53. The zero-order valence-electron chi connectivity index (χ0n) is 9.21. The van der Waals surface area contributed by atoms with E-state index in [4.69, 9.17) is 16.0 Å². The van der Waals surface area contributed by atoms with Gasteiger partial charge >= 0.3 is 0 Å². The maximum atomic E-state index is 11.9. The van der Waals surface area contributed by atoms with Crippen LogP contribution in [0.2, 0.25) is 0 Å². The van der Waals surface area contributed by atoms with Crippen LogP contribution in [0.15, 0.2) is 4.42 Å². The number of alkyl halides is 1. The highest BCUT2D eigenvalue weighted by Crippen LogP contribution is 2.12. The Balaban J connectivity index is 2.87. The summed E-state index contributed by atoms with van der Waals surface area (Å²) in [6, 6.07) is 0. The summed E-state index contributed by atoms with van der Waals surface area (Å²) in [7, 11) is 0. The average Bonchev–Trinajstić information content (AvgIpc) is 2.53. The monoisotopic (exact) mass is 230 g/mol. The number of aryl methyl sites for hydroxylation is 2. The van der Waals surface area contributed by atoms with Crippen molar-refractivity contribution in [2.75, 3.05) is 19.0 Å². The van der Waals surface area contributed by atoms with Crippen LogP contribution < -0.4 is 0 Å². The first kappa shape index (κ1) is 12.0. The van der Waals surface area contributed by atoms with Gasteiger partial charge in [-0.05, 0) is 13.8 Å². The molecule has 0 fully saturated rings. The fourth-order valence-corrected chi connectivity index (χ4v) is 1.58. The number of hydrogen-bond donors (Lipinski definition) is 0. The maximum Gasteiger partial charge on any atom is 0.291 e. The van der Waals surface area contributed by atoms with Crippen LogP contribution in [0.1, 0.15) is 29.1 Å². The van der Waals surface area contributed by atoms with Crippen molar-refractivity contribution in [2.24, 2.45) is 0 Å². The van der Waals surface area contributed by atoms with Crippen molar-refractivity contribution < 1.29 is 9.21 Å². The van der Waals surface area contributed by atoms with Gasteiger partial charge in [-0.1, -0.05) is 0 Å². The van der Waals surface area contributed by atoms with Crippen LogP contribution in [0.4, 0.5) is 0 Å². The van der Waals surface area contributed by atoms with Crippen LogP contribution in [-0.4, -0.2) is 34.8 Å². The van der Waals surface area contributed by atoms with Gasteiger partial charge < -0.3 is 9.32 Å². The van der Waals surface area contributed by atoms with Gasteiger partial charge in [0.25, 0.3) is 5.91 Å². The Morgan fingerprint density at radius 2 is 2.20 bits per heavy atom. The molecule has 4 nitrogen and oxygen atoms in total. The van der Waals surface area contributed by atoms with E-state index in [1.54, 1.807) is 18.7 Å². The molecule has 0 aliphatic carbocycles. The number of oxazole rings is 1. The second kappa shape index (κ2) is 5.16. The van der Waals surface area contributed by atoms with E-state index >= 15 is 0 Å². The summed E-state index contributed by atoms with van der Waals surface area (Å²) in [6.07, 6.45) is 0. The molecule has 0 aliphatic rings. The fourth-order valence-electron chi connectivity index (χ4n) is 1.38. The second-order valence-corrected chi connectivity index (χ2v) is 3.60. The number of halogens is 1. The normalized spacial score (nSPS) is 10.4. The summed E-state index contributed by atoms with van der Waals surface area (Å²) in [5.41, 5.74) is 0.630. The van der Waals surface area contributed by atoms with Gasteiger partial charge in [0.05, 0.1) is 5.69 Å². The molecular weight excluding hydrogens is 216 g/mol. The quantitative estimate of drug-likeness (QED) is 0.744. The molecule has 1 amide bonds. The molecule has 0 saturated heterocycles. The first-order valence-electron chi connectivity index (χ1n) is 4.89. The van der Waals surface area contributed by atoms with E-state index in [-0.39, 0.29) is 5.91 Å². The Bertz CT molecular complexity index is 349. The Morgan fingerprint density at radius 3 is 2.60 bits per heavy atom. The third kappa shape index (κ3) is 2.72. The molecule has 0 radical (unpaired) electrons. The molecule has 15 heavy (non-hydrogen) atoms. The van der Waals surface area contributed by atoms with Crippen LogP contribution in [0.3, 0.4) is 0 Å². The molecule has 0 bridgehead atoms. The fraction of sp³-hybridized carbons (Fsp3) is 0.600. The molecule has 1 aromatic heterocycles. The molecule has 0 unspecified atom stereocenters. The van der Waals surface area contributed by atoms with Crippen LogP contribution in [0, 0.1) is 13.8 Å². The third-order valence-corrected chi connectivity index (χ3v) is 2.29. The van der Waals surface area contributed by atoms with E-state index in [9.17, 15) is 4.79 Å². The lowest BCUT2D eigenvalue weighted by atomic mass is 10.3. The first-order chi connectivity index (χ1) is 7.10. The highest BCUT2D eigenvalue weighted by atomic mass is 35.5. The van der Waals surface area contributed by atoms with E-state index in [2.05, 4.69) is 4.98 Å². The number of hydrogen-bond acceptors (Lipinski definition) is 3. The first-order valence-corrected chi connectivity index (χ1v) is 5.42. The summed E-state index contributed by atoms with van der Waals surface area (Å²) in [5.74, 6) is 1.11. The predicted octanol–water partition coefficient (Wildman–Crippen LogP) is 1.99.